The van der Waals surface area contributed by atoms with Crippen molar-refractivity contribution >= 4 is 11.6 Å². The molecule has 0 saturated carbocycles. The molecule has 0 fully saturated rings. The number of carbonyl (C=O) groups excluding carboxylic acids is 1. The first-order valence-corrected chi connectivity index (χ1v) is 11.0. The number of hydrogen-bond acceptors (Lipinski definition) is 4. The smallest absolute Gasteiger partial charge is 0.224 e. The highest BCUT2D eigenvalue weighted by Crippen LogP contribution is 2.26. The minimum absolute atomic E-state index is 0.0183. The SMILES string of the molecule is CCCC(=O)Nc1ccc(Cn2nc(-c3ccc(Oc4ccccc4)cc3)cc2CO)cc1. The second kappa shape index (κ2) is 10.6. The molecular formula is C27H27N3O3. The molecule has 2 N–H and O–H groups in total. The summed E-state index contributed by atoms with van der Waals surface area (Å²) in [7, 11) is 0. The number of ether oxygens (including phenoxy) is 1. The van der Waals surface area contributed by atoms with Crippen LogP contribution in [0.2, 0.25) is 0 Å². The van der Waals surface area contributed by atoms with Gasteiger partial charge in [0.2, 0.25) is 5.91 Å². The molecule has 168 valence electrons. The molecule has 4 aromatic rings. The maximum Gasteiger partial charge on any atom is 0.224 e. The second-order valence-corrected chi connectivity index (χ2v) is 7.77. The van der Waals surface area contributed by atoms with E-state index in [2.05, 4.69) is 5.32 Å². The first-order valence-electron chi connectivity index (χ1n) is 11.0. The van der Waals surface area contributed by atoms with E-state index >= 15 is 0 Å². The molecule has 1 heterocycles. The monoisotopic (exact) mass is 441 g/mol. The van der Waals surface area contributed by atoms with Crippen LogP contribution in [-0.2, 0) is 17.9 Å². The lowest BCUT2D eigenvalue weighted by Gasteiger charge is -2.08. The number of aliphatic hydroxyl groups is 1. The van der Waals surface area contributed by atoms with Crippen LogP contribution >= 0.6 is 0 Å². The Bertz CT molecular complexity index is 1180. The summed E-state index contributed by atoms with van der Waals surface area (Å²) < 4.78 is 7.65. The van der Waals surface area contributed by atoms with Crippen molar-refractivity contribution in [2.45, 2.75) is 32.9 Å². The number of anilines is 1. The standard InChI is InChI=1S/C27H27N3O3/c1-2-6-27(32)28-22-13-9-20(10-14-22)18-30-23(19-31)17-26(29-30)21-11-15-25(16-12-21)33-24-7-4-3-5-8-24/h3-5,7-17,31H,2,6,18-19H2,1H3,(H,28,32). The summed E-state index contributed by atoms with van der Waals surface area (Å²) in [4.78, 5) is 11.8. The summed E-state index contributed by atoms with van der Waals surface area (Å²) in [6.45, 7) is 2.40. The number of rotatable bonds is 9. The number of para-hydroxylation sites is 1. The van der Waals surface area contributed by atoms with Gasteiger partial charge in [0, 0.05) is 17.7 Å². The van der Waals surface area contributed by atoms with E-state index in [0.29, 0.717) is 13.0 Å². The molecule has 0 bridgehead atoms. The minimum Gasteiger partial charge on any atom is -0.457 e. The lowest BCUT2D eigenvalue weighted by Crippen LogP contribution is -2.11. The number of carbonyl (C=O) groups is 1. The van der Waals surface area contributed by atoms with Crippen molar-refractivity contribution in [2.24, 2.45) is 0 Å². The fourth-order valence-electron chi connectivity index (χ4n) is 3.50. The normalized spacial score (nSPS) is 10.7. The van der Waals surface area contributed by atoms with Crippen molar-refractivity contribution in [3.05, 3.63) is 96.2 Å². The molecule has 1 amide bonds. The third kappa shape index (κ3) is 5.87. The Balaban J connectivity index is 1.45. The fourth-order valence-corrected chi connectivity index (χ4v) is 3.50. The van der Waals surface area contributed by atoms with Crippen LogP contribution < -0.4 is 10.1 Å². The van der Waals surface area contributed by atoms with Crippen LogP contribution in [0.5, 0.6) is 11.5 Å². The Labute approximate surface area is 193 Å². The van der Waals surface area contributed by atoms with Crippen LogP contribution in [0.25, 0.3) is 11.3 Å². The van der Waals surface area contributed by atoms with Crippen molar-refractivity contribution in [1.82, 2.24) is 9.78 Å². The average molecular weight is 442 g/mol. The van der Waals surface area contributed by atoms with Gasteiger partial charge in [-0.25, -0.2) is 0 Å². The summed E-state index contributed by atoms with van der Waals surface area (Å²) in [5.41, 5.74) is 4.26. The quantitative estimate of drug-likeness (QED) is 0.353. The first-order chi connectivity index (χ1) is 16.1. The van der Waals surface area contributed by atoms with Crippen LogP contribution in [0, 0.1) is 0 Å². The zero-order valence-corrected chi connectivity index (χ0v) is 18.6. The van der Waals surface area contributed by atoms with E-state index in [4.69, 9.17) is 9.84 Å². The van der Waals surface area contributed by atoms with E-state index in [1.807, 2.05) is 91.9 Å². The zero-order chi connectivity index (χ0) is 23.0. The number of hydrogen-bond donors (Lipinski definition) is 2. The highest BCUT2D eigenvalue weighted by Gasteiger charge is 2.10. The van der Waals surface area contributed by atoms with Gasteiger partial charge in [-0.3, -0.25) is 9.48 Å². The molecule has 6 nitrogen and oxygen atoms in total. The largest absolute Gasteiger partial charge is 0.457 e. The average Bonchev–Trinajstić information content (AvgIpc) is 3.24. The second-order valence-electron chi connectivity index (χ2n) is 7.77. The predicted octanol–water partition coefficient (Wildman–Crippen LogP) is 5.62. The highest BCUT2D eigenvalue weighted by atomic mass is 16.5. The van der Waals surface area contributed by atoms with Gasteiger partial charge in [-0.2, -0.15) is 5.10 Å². The number of benzene rings is 3. The molecule has 3 aromatic carbocycles. The molecule has 1 aromatic heterocycles. The predicted molar refractivity (Wildman–Crippen MR) is 129 cm³/mol. The first kappa shape index (κ1) is 22.3. The molecule has 0 unspecified atom stereocenters. The van der Waals surface area contributed by atoms with Crippen LogP contribution in [0.1, 0.15) is 31.0 Å². The molecular weight excluding hydrogens is 414 g/mol. The van der Waals surface area contributed by atoms with E-state index in [1.165, 1.54) is 0 Å². The summed E-state index contributed by atoms with van der Waals surface area (Å²) in [5.74, 6) is 1.55. The molecule has 0 aliphatic carbocycles. The van der Waals surface area contributed by atoms with Crippen molar-refractivity contribution in [1.29, 1.82) is 0 Å². The van der Waals surface area contributed by atoms with Crippen LogP contribution in [0.4, 0.5) is 5.69 Å². The summed E-state index contributed by atoms with van der Waals surface area (Å²) in [6, 6.07) is 27.0. The molecule has 4 rings (SSSR count). The topological polar surface area (TPSA) is 76.4 Å². The van der Waals surface area contributed by atoms with Crippen molar-refractivity contribution in [3.8, 4) is 22.8 Å². The molecule has 0 radical (unpaired) electrons. The summed E-state index contributed by atoms with van der Waals surface area (Å²) in [6.07, 6.45) is 1.33. The molecule has 0 aliphatic rings. The lowest BCUT2D eigenvalue weighted by atomic mass is 10.1. The Morgan fingerprint density at radius 1 is 0.970 bits per heavy atom. The summed E-state index contributed by atoms with van der Waals surface area (Å²) in [5, 5.41) is 17.4. The highest BCUT2D eigenvalue weighted by molar-refractivity contribution is 5.90. The Morgan fingerprint density at radius 2 is 1.67 bits per heavy atom. The van der Waals surface area contributed by atoms with E-state index in [-0.39, 0.29) is 12.5 Å². The third-order valence-corrected chi connectivity index (χ3v) is 5.20. The minimum atomic E-state index is -0.104. The molecule has 0 saturated heterocycles. The van der Waals surface area contributed by atoms with Gasteiger partial charge in [-0.1, -0.05) is 37.3 Å². The molecule has 33 heavy (non-hydrogen) atoms. The van der Waals surface area contributed by atoms with Crippen molar-refractivity contribution in [3.63, 3.8) is 0 Å². The molecule has 0 aliphatic heterocycles. The van der Waals surface area contributed by atoms with Gasteiger partial charge in [0.1, 0.15) is 11.5 Å². The maximum absolute atomic E-state index is 11.8. The zero-order valence-electron chi connectivity index (χ0n) is 18.6. The van der Waals surface area contributed by atoms with E-state index in [1.54, 1.807) is 4.68 Å². The van der Waals surface area contributed by atoms with Crippen LogP contribution in [0.3, 0.4) is 0 Å². The van der Waals surface area contributed by atoms with Gasteiger partial charge in [0.05, 0.1) is 24.5 Å². The molecule has 0 atom stereocenters. The fraction of sp³-hybridized carbons (Fsp3) is 0.185. The van der Waals surface area contributed by atoms with Crippen LogP contribution in [-0.4, -0.2) is 20.8 Å². The van der Waals surface area contributed by atoms with Gasteiger partial charge >= 0.3 is 0 Å². The van der Waals surface area contributed by atoms with E-state index in [0.717, 1.165) is 46.1 Å². The van der Waals surface area contributed by atoms with Crippen molar-refractivity contribution in [2.75, 3.05) is 5.32 Å². The van der Waals surface area contributed by atoms with E-state index < -0.39 is 0 Å². The van der Waals surface area contributed by atoms with E-state index in [9.17, 15) is 9.90 Å². The van der Waals surface area contributed by atoms with Gasteiger partial charge in [0.25, 0.3) is 0 Å². The van der Waals surface area contributed by atoms with Gasteiger partial charge in [-0.05, 0) is 66.6 Å². The Kier molecular flexibility index (Phi) is 7.17. The molecule has 0 spiro atoms. The number of aliphatic hydroxyl groups excluding tert-OH is 1. The molecule has 6 heteroatoms. The third-order valence-electron chi connectivity index (χ3n) is 5.20. The Morgan fingerprint density at radius 3 is 2.33 bits per heavy atom. The number of nitrogens with zero attached hydrogens (tertiary/aromatic N) is 2. The number of amides is 1. The van der Waals surface area contributed by atoms with Gasteiger partial charge < -0.3 is 15.2 Å². The lowest BCUT2D eigenvalue weighted by molar-refractivity contribution is -0.116. The summed E-state index contributed by atoms with van der Waals surface area (Å²) >= 11 is 0. The maximum atomic E-state index is 11.8. The Hall–Kier alpha value is -3.90. The van der Waals surface area contributed by atoms with Gasteiger partial charge in [-0.15, -0.1) is 0 Å². The number of aromatic nitrogens is 2. The number of nitrogens with one attached hydrogen (secondary N) is 1. The van der Waals surface area contributed by atoms with Crippen LogP contribution in [0.15, 0.2) is 84.9 Å². The van der Waals surface area contributed by atoms with Crippen molar-refractivity contribution < 1.29 is 14.6 Å². The van der Waals surface area contributed by atoms with Gasteiger partial charge in [0.15, 0.2) is 0 Å².